The third-order valence-electron chi connectivity index (χ3n) is 15.5. The van der Waals surface area contributed by atoms with Crippen LogP contribution >= 0.6 is 0 Å². The molecule has 8 aromatic rings. The number of nitrogens with one attached hydrogen (secondary N) is 3. The van der Waals surface area contributed by atoms with Gasteiger partial charge in [0.1, 0.15) is 45.7 Å². The lowest BCUT2D eigenvalue weighted by molar-refractivity contribution is -0.101. The number of anilines is 4. The maximum atomic E-state index is 15.0. The van der Waals surface area contributed by atoms with Gasteiger partial charge in [-0.05, 0) is 108 Å². The van der Waals surface area contributed by atoms with Crippen LogP contribution in [0.3, 0.4) is 0 Å². The first-order valence-electron chi connectivity index (χ1n) is 27.5. The van der Waals surface area contributed by atoms with Crippen LogP contribution in [0, 0.1) is 37.1 Å². The quantitative estimate of drug-likeness (QED) is 0.0925. The van der Waals surface area contributed by atoms with Crippen LogP contribution in [0.5, 0.6) is 0 Å². The first kappa shape index (κ1) is 56.7. The molecule has 3 N–H and O–H groups in total. The molecule has 2 spiro atoms. The number of aryl methyl sites for hydroxylation is 2. The average Bonchev–Trinajstić information content (AvgIpc) is 4.32. The van der Waals surface area contributed by atoms with Crippen molar-refractivity contribution in [3.63, 3.8) is 0 Å². The van der Waals surface area contributed by atoms with Gasteiger partial charge in [0.15, 0.2) is 23.3 Å². The van der Waals surface area contributed by atoms with Gasteiger partial charge in [0, 0.05) is 94.5 Å². The van der Waals surface area contributed by atoms with Crippen LogP contribution in [0.2, 0.25) is 0 Å². The van der Waals surface area contributed by atoms with E-state index in [1.807, 2.05) is 75.1 Å². The summed E-state index contributed by atoms with van der Waals surface area (Å²) in [7, 11) is -3.25. The first-order valence-corrected chi connectivity index (χ1v) is 29.3. The molecule has 2 aromatic carbocycles. The molecule has 0 amide bonds. The number of halogens is 4. The zero-order valence-corrected chi connectivity index (χ0v) is 47.7. The summed E-state index contributed by atoms with van der Waals surface area (Å²) >= 11 is 0. The van der Waals surface area contributed by atoms with E-state index in [0.717, 1.165) is 75.8 Å². The highest BCUT2D eigenvalue weighted by Gasteiger charge is 2.45. The molecule has 25 heteroatoms. The highest BCUT2D eigenvalue weighted by molar-refractivity contribution is 7.88. The van der Waals surface area contributed by atoms with E-state index in [9.17, 15) is 21.6 Å². The molecular formula is C57H66F4N16O4S. The molecule has 0 saturated carbocycles. The minimum Gasteiger partial charge on any atom is -0.371 e. The fourth-order valence-corrected chi connectivity index (χ4v) is 12.6. The standard InChI is InChI=1S/C29H34F2N8O3S.C28H32F2N8O/c1-18(2)39-19(3)34-27-22(30)11-21(12-24(27)39)26-23(31)14-33-28(36-26)35-25-6-5-20(13-32-25)15-37-9-10-42-29(16-37)7-8-38(17-29)43(4,40)41;1-17(2)38-18(3)34-26-21(29)10-20(11-23(26)38)25-22(30)13-33-27(36-25)35-24-5-4-19(12-32-24)14-37-8-9-39-28(16-37)6-7-31-15-28/h5-6,11-14,18H,7-10,15-17H2,1-4H3,(H,32,33,35,36);4-5,10-13,17,31H,6-9,14-16H2,1-3H3,(H,32,33,35,36)/t29-;28-/m01/s1. The molecule has 0 bridgehead atoms. The van der Waals surface area contributed by atoms with Crippen LogP contribution < -0.4 is 16.0 Å². The van der Waals surface area contributed by atoms with Crippen molar-refractivity contribution < 1.29 is 35.5 Å². The predicted molar refractivity (Wildman–Crippen MR) is 303 cm³/mol. The lowest BCUT2D eigenvalue weighted by Gasteiger charge is -2.40. The molecule has 4 aliphatic rings. The number of benzene rings is 2. The van der Waals surface area contributed by atoms with Gasteiger partial charge in [-0.25, -0.2) is 65.9 Å². The Morgan fingerprint density at radius 2 is 1.10 bits per heavy atom. The molecule has 2 atom stereocenters. The number of hydrogen-bond donors (Lipinski definition) is 3. The number of imidazole rings is 2. The Bertz CT molecular complexity index is 3770. The third kappa shape index (κ3) is 12.0. The number of nitrogens with zero attached hydrogens (tertiary/aromatic N) is 13. The summed E-state index contributed by atoms with van der Waals surface area (Å²) in [6, 6.07) is 13.6. The molecule has 20 nitrogen and oxygen atoms in total. The van der Waals surface area contributed by atoms with Crippen LogP contribution in [0.1, 0.15) is 75.4 Å². The maximum Gasteiger partial charge on any atom is 0.229 e. The van der Waals surface area contributed by atoms with Crippen molar-refractivity contribution in [2.75, 3.05) is 82.5 Å². The zero-order chi connectivity index (χ0) is 57.7. The van der Waals surface area contributed by atoms with E-state index in [1.165, 1.54) is 22.7 Å². The monoisotopic (exact) mass is 1150 g/mol. The van der Waals surface area contributed by atoms with Crippen LogP contribution in [-0.4, -0.2) is 155 Å². The van der Waals surface area contributed by atoms with E-state index >= 15 is 4.39 Å². The Labute approximate surface area is 472 Å². The molecule has 6 aromatic heterocycles. The van der Waals surface area contributed by atoms with Gasteiger partial charge in [0.05, 0.1) is 54.1 Å². The number of fused-ring (bicyclic) bond motifs is 2. The lowest BCUT2D eigenvalue weighted by Crippen LogP contribution is -2.53. The highest BCUT2D eigenvalue weighted by atomic mass is 32.2. The Morgan fingerprint density at radius 3 is 1.52 bits per heavy atom. The summed E-state index contributed by atoms with van der Waals surface area (Å²) in [5, 5.41) is 9.46. The van der Waals surface area contributed by atoms with E-state index in [4.69, 9.17) is 9.47 Å². The van der Waals surface area contributed by atoms with Crippen molar-refractivity contribution in [3.8, 4) is 22.5 Å². The van der Waals surface area contributed by atoms with E-state index in [2.05, 4.69) is 65.6 Å². The number of morpholine rings is 2. The normalized spacial score (nSPS) is 20.0. The van der Waals surface area contributed by atoms with Crippen molar-refractivity contribution in [1.82, 2.24) is 68.4 Å². The van der Waals surface area contributed by atoms with E-state index < -0.39 is 38.9 Å². The van der Waals surface area contributed by atoms with Gasteiger partial charge >= 0.3 is 0 Å². The first-order chi connectivity index (χ1) is 39.2. The fraction of sp³-hybridized carbons (Fsp3) is 0.439. The van der Waals surface area contributed by atoms with Crippen molar-refractivity contribution in [2.45, 2.75) is 90.8 Å². The van der Waals surface area contributed by atoms with Crippen molar-refractivity contribution >= 4 is 55.6 Å². The fourth-order valence-electron chi connectivity index (χ4n) is 11.7. The Morgan fingerprint density at radius 1 is 0.610 bits per heavy atom. The van der Waals surface area contributed by atoms with Gasteiger partial charge < -0.3 is 34.6 Å². The molecule has 82 heavy (non-hydrogen) atoms. The SMILES string of the molecule is Cc1nc2c(F)cc(-c3nc(Nc4ccc(CN5CCO[C@@]6(CCN(S(C)(=O)=O)C6)C5)cn4)ncc3F)cc2n1C(C)C.Cc1nc2c(F)cc(-c3nc(Nc4ccc(CN5CCO[C@@]6(CCNC6)C5)cn4)ncc3F)cc2n1C(C)C. The highest BCUT2D eigenvalue weighted by Crippen LogP contribution is 2.35. The Kier molecular flexibility index (Phi) is 15.8. The van der Waals surface area contributed by atoms with E-state index in [1.54, 1.807) is 24.4 Å². The Hall–Kier alpha value is -7.13. The number of ether oxygens (including phenoxy) is 2. The summed E-state index contributed by atoms with van der Waals surface area (Å²) in [5.41, 5.74) is 3.71. The number of hydrogen-bond acceptors (Lipinski definition) is 17. The van der Waals surface area contributed by atoms with Gasteiger partial charge in [-0.3, -0.25) is 9.80 Å². The molecule has 0 aliphatic carbocycles. The molecule has 0 unspecified atom stereocenters. The number of aromatic nitrogens is 10. The third-order valence-corrected chi connectivity index (χ3v) is 16.7. The topological polar surface area (TPSA) is 211 Å². The minimum atomic E-state index is -3.25. The Balaban J connectivity index is 0.000000173. The van der Waals surface area contributed by atoms with Crippen LogP contribution in [-0.2, 0) is 32.6 Å². The smallest absolute Gasteiger partial charge is 0.229 e. The summed E-state index contributed by atoms with van der Waals surface area (Å²) < 4.78 is 101. The van der Waals surface area contributed by atoms with Gasteiger partial charge in [0.25, 0.3) is 0 Å². The van der Waals surface area contributed by atoms with Crippen LogP contribution in [0.4, 0.5) is 41.1 Å². The number of pyridine rings is 2. The minimum absolute atomic E-state index is 0.00160. The van der Waals surface area contributed by atoms with Gasteiger partial charge in [-0.2, -0.15) is 4.31 Å². The molecule has 4 fully saturated rings. The molecule has 432 valence electrons. The van der Waals surface area contributed by atoms with Crippen molar-refractivity contribution in [3.05, 3.63) is 119 Å². The summed E-state index contributed by atoms with van der Waals surface area (Å²) in [5.74, 6) is 0.269. The second kappa shape index (κ2) is 22.9. The molecule has 10 heterocycles. The van der Waals surface area contributed by atoms with Crippen LogP contribution in [0.15, 0.2) is 73.3 Å². The molecule has 0 radical (unpaired) electrons. The van der Waals surface area contributed by atoms with Gasteiger partial charge in [-0.1, -0.05) is 12.1 Å². The molecule has 4 aliphatic heterocycles. The van der Waals surface area contributed by atoms with Crippen molar-refractivity contribution in [2.24, 2.45) is 0 Å². The predicted octanol–water partition coefficient (Wildman–Crippen LogP) is 8.40. The second-order valence-electron chi connectivity index (χ2n) is 22.3. The van der Waals surface area contributed by atoms with Crippen LogP contribution in [0.25, 0.3) is 44.6 Å². The molecule has 4 saturated heterocycles. The summed E-state index contributed by atoms with van der Waals surface area (Å²) in [6.45, 7) is 20.1. The van der Waals surface area contributed by atoms with Gasteiger partial charge in [0.2, 0.25) is 21.9 Å². The second-order valence-corrected chi connectivity index (χ2v) is 24.3. The van der Waals surface area contributed by atoms with Crippen molar-refractivity contribution in [1.29, 1.82) is 0 Å². The molecule has 12 rings (SSSR count). The van der Waals surface area contributed by atoms with E-state index in [-0.39, 0.29) is 57.6 Å². The van der Waals surface area contributed by atoms with Gasteiger partial charge in [-0.15, -0.1) is 0 Å². The molecular weight excluding hydrogens is 1080 g/mol. The summed E-state index contributed by atoms with van der Waals surface area (Å²) in [4.78, 5) is 39.2. The van der Waals surface area contributed by atoms with E-state index in [0.29, 0.717) is 79.1 Å². The summed E-state index contributed by atoms with van der Waals surface area (Å²) in [6.07, 6.45) is 8.62. The number of sulfonamides is 1. The number of rotatable bonds is 13. The maximum absolute atomic E-state index is 15.0. The zero-order valence-electron chi connectivity index (χ0n) is 46.8. The average molecular weight is 1150 g/mol. The lowest BCUT2D eigenvalue weighted by atomic mass is 10.0. The largest absolute Gasteiger partial charge is 0.371 e.